The molecule has 4 nitrogen and oxygen atoms in total. The first-order valence-corrected chi connectivity index (χ1v) is 10.7. The Hall–Kier alpha value is -3.02. The maximum absolute atomic E-state index is 13.5. The number of pyridine rings is 1. The van der Waals surface area contributed by atoms with Gasteiger partial charge in [-0.15, -0.1) is 0 Å². The molecule has 156 valence electrons. The van der Waals surface area contributed by atoms with Crippen LogP contribution < -0.4 is 0 Å². The maximum Gasteiger partial charge on any atom is 0.123 e. The zero-order valence-corrected chi connectivity index (χ0v) is 17.6. The molecule has 0 aliphatic carbocycles. The third kappa shape index (κ3) is 3.99. The number of halogens is 2. The second kappa shape index (κ2) is 8.61. The highest BCUT2D eigenvalue weighted by molar-refractivity contribution is 6.31. The number of fused-ring (bicyclic) bond motifs is 1. The van der Waals surface area contributed by atoms with E-state index in [-0.39, 0.29) is 11.9 Å². The van der Waals surface area contributed by atoms with Gasteiger partial charge in [-0.25, -0.2) is 9.37 Å². The zero-order valence-electron chi connectivity index (χ0n) is 16.8. The van der Waals surface area contributed by atoms with Gasteiger partial charge in [0.05, 0.1) is 30.6 Å². The molecule has 0 saturated carbocycles. The van der Waals surface area contributed by atoms with Crippen LogP contribution in [-0.4, -0.2) is 21.1 Å². The van der Waals surface area contributed by atoms with Crippen LogP contribution in [0.4, 0.5) is 4.39 Å². The lowest BCUT2D eigenvalue weighted by atomic mass is 10.0. The van der Waals surface area contributed by atoms with Crippen molar-refractivity contribution in [3.63, 3.8) is 0 Å². The Kier molecular flexibility index (Phi) is 5.53. The molecule has 5 rings (SSSR count). The van der Waals surface area contributed by atoms with Crippen LogP contribution in [0.3, 0.4) is 0 Å². The van der Waals surface area contributed by atoms with Crippen molar-refractivity contribution in [2.24, 2.45) is 0 Å². The highest BCUT2D eigenvalue weighted by Gasteiger charge is 2.30. The highest BCUT2D eigenvalue weighted by Crippen LogP contribution is 2.39. The van der Waals surface area contributed by atoms with E-state index in [1.54, 1.807) is 24.5 Å². The van der Waals surface area contributed by atoms with Gasteiger partial charge in [-0.05, 0) is 54.4 Å². The molecule has 0 spiro atoms. The zero-order chi connectivity index (χ0) is 21.2. The largest absolute Gasteiger partial charge is 0.375 e. The number of hydrogen-bond donors (Lipinski definition) is 0. The van der Waals surface area contributed by atoms with E-state index in [2.05, 4.69) is 9.55 Å². The first-order valence-electron chi connectivity index (χ1n) is 10.3. The number of benzene rings is 2. The van der Waals surface area contributed by atoms with Gasteiger partial charge in [-0.1, -0.05) is 29.8 Å². The highest BCUT2D eigenvalue weighted by atomic mass is 35.5. The Bertz CT molecular complexity index is 1190. The predicted molar refractivity (Wildman–Crippen MR) is 119 cm³/mol. The number of aryl methyl sites for hydroxylation is 1. The lowest BCUT2D eigenvalue weighted by Crippen LogP contribution is -2.13. The molecular formula is C25H21ClFN3O. The summed E-state index contributed by atoms with van der Waals surface area (Å²) < 4.78 is 21.8. The van der Waals surface area contributed by atoms with Gasteiger partial charge in [0, 0.05) is 35.0 Å². The monoisotopic (exact) mass is 433 g/mol. The fourth-order valence-corrected chi connectivity index (χ4v) is 4.34. The van der Waals surface area contributed by atoms with Crippen LogP contribution in [0.1, 0.15) is 23.9 Å². The molecule has 0 unspecified atom stereocenters. The van der Waals surface area contributed by atoms with Crippen LogP contribution in [0.2, 0.25) is 5.02 Å². The number of nitrogens with zero attached hydrogens (tertiary/aromatic N) is 3. The molecule has 4 aromatic rings. The second-order valence-electron chi connectivity index (χ2n) is 7.64. The fourth-order valence-electron chi connectivity index (χ4n) is 4.15. The Morgan fingerprint density at radius 1 is 1.00 bits per heavy atom. The van der Waals surface area contributed by atoms with Crippen LogP contribution in [0.25, 0.3) is 22.5 Å². The lowest BCUT2D eigenvalue weighted by molar-refractivity contribution is 0.0925. The minimum atomic E-state index is -0.258. The number of ether oxygens (including phenoxy) is 1. The smallest absolute Gasteiger partial charge is 0.123 e. The summed E-state index contributed by atoms with van der Waals surface area (Å²) >= 11 is 6.26. The van der Waals surface area contributed by atoms with Crippen molar-refractivity contribution < 1.29 is 9.13 Å². The molecule has 0 N–H and O–H groups in total. The van der Waals surface area contributed by atoms with Gasteiger partial charge in [-0.3, -0.25) is 4.98 Å². The van der Waals surface area contributed by atoms with Crippen LogP contribution >= 0.6 is 11.6 Å². The van der Waals surface area contributed by atoms with Gasteiger partial charge in [0.25, 0.3) is 0 Å². The molecule has 0 amide bonds. The van der Waals surface area contributed by atoms with Gasteiger partial charge in [0.15, 0.2) is 0 Å². The number of rotatable bonds is 6. The van der Waals surface area contributed by atoms with Crippen molar-refractivity contribution in [1.29, 1.82) is 0 Å². The fraction of sp³-hybridized carbons (Fsp3) is 0.200. The first kappa shape index (κ1) is 19.9. The Morgan fingerprint density at radius 3 is 2.55 bits per heavy atom. The van der Waals surface area contributed by atoms with Crippen molar-refractivity contribution >= 4 is 11.6 Å². The summed E-state index contributed by atoms with van der Waals surface area (Å²) in [5, 5.41) is 0.716. The van der Waals surface area contributed by atoms with Crippen LogP contribution in [0.5, 0.6) is 0 Å². The number of aromatic nitrogens is 3. The number of imidazole rings is 1. The average Bonchev–Trinajstić information content (AvgIpc) is 3.36. The van der Waals surface area contributed by atoms with Gasteiger partial charge >= 0.3 is 0 Å². The normalized spacial score (nSPS) is 15.2. The Balaban J connectivity index is 1.47. The third-order valence-corrected chi connectivity index (χ3v) is 6.02. The molecule has 3 heterocycles. The van der Waals surface area contributed by atoms with Gasteiger partial charge in [0.1, 0.15) is 11.6 Å². The lowest BCUT2D eigenvalue weighted by Gasteiger charge is -2.18. The van der Waals surface area contributed by atoms with Crippen LogP contribution in [0.15, 0.2) is 73.1 Å². The summed E-state index contributed by atoms with van der Waals surface area (Å²) in [6.07, 6.45) is 5.40. The summed E-state index contributed by atoms with van der Waals surface area (Å²) in [4.78, 5) is 9.10. The molecule has 31 heavy (non-hydrogen) atoms. The van der Waals surface area contributed by atoms with E-state index in [0.717, 1.165) is 46.7 Å². The molecule has 0 saturated heterocycles. The molecule has 0 fully saturated rings. The molecule has 1 aliphatic rings. The molecular weight excluding hydrogens is 413 g/mol. The van der Waals surface area contributed by atoms with E-state index in [4.69, 9.17) is 21.3 Å². The minimum Gasteiger partial charge on any atom is -0.375 e. The van der Waals surface area contributed by atoms with Crippen LogP contribution in [-0.2, 0) is 17.8 Å². The predicted octanol–water partition coefficient (Wildman–Crippen LogP) is 6.11. The van der Waals surface area contributed by atoms with Crippen molar-refractivity contribution in [2.45, 2.75) is 25.5 Å². The summed E-state index contributed by atoms with van der Waals surface area (Å²) in [5.74, 6) is 0.768. The van der Waals surface area contributed by atoms with E-state index in [1.165, 1.54) is 12.1 Å². The summed E-state index contributed by atoms with van der Waals surface area (Å²) in [6, 6.07) is 18.4. The molecule has 2 aromatic carbocycles. The SMILES string of the molecule is Fc1ccc(-c2nc3n(c2-c2ccncc2)[C@H](COCc2ccccc2Cl)CC3)cc1. The minimum absolute atomic E-state index is 0.169. The first-order chi connectivity index (χ1) is 15.2. The van der Waals surface area contributed by atoms with Crippen molar-refractivity contribution in [3.8, 4) is 22.5 Å². The topological polar surface area (TPSA) is 39.9 Å². The van der Waals surface area contributed by atoms with Crippen molar-refractivity contribution in [1.82, 2.24) is 14.5 Å². The summed E-state index contributed by atoms with van der Waals surface area (Å²) in [6.45, 7) is 1.03. The van der Waals surface area contributed by atoms with Gasteiger partial charge in [-0.2, -0.15) is 0 Å². The van der Waals surface area contributed by atoms with E-state index in [9.17, 15) is 4.39 Å². The molecule has 0 bridgehead atoms. The summed E-state index contributed by atoms with van der Waals surface area (Å²) in [5.41, 5.74) is 4.79. The number of hydrogen-bond acceptors (Lipinski definition) is 3. The van der Waals surface area contributed by atoms with Crippen molar-refractivity contribution in [2.75, 3.05) is 6.61 Å². The summed E-state index contributed by atoms with van der Waals surface area (Å²) in [7, 11) is 0. The maximum atomic E-state index is 13.5. The van der Waals surface area contributed by atoms with E-state index in [1.807, 2.05) is 36.4 Å². The Morgan fingerprint density at radius 2 is 1.77 bits per heavy atom. The standard InChI is InChI=1S/C25H21ClFN3O/c26-22-4-2-1-3-19(22)15-31-16-21-9-10-23-29-24(17-5-7-20(27)8-6-17)25(30(21)23)18-11-13-28-14-12-18/h1-8,11-14,21H,9-10,15-16H2/t21-/m0/s1. The third-order valence-electron chi connectivity index (χ3n) is 5.65. The van der Waals surface area contributed by atoms with E-state index >= 15 is 0 Å². The van der Waals surface area contributed by atoms with Crippen LogP contribution in [0, 0.1) is 5.82 Å². The van der Waals surface area contributed by atoms with E-state index in [0.29, 0.717) is 18.2 Å². The molecule has 0 radical (unpaired) electrons. The average molecular weight is 434 g/mol. The molecule has 2 aromatic heterocycles. The van der Waals surface area contributed by atoms with Crippen molar-refractivity contribution in [3.05, 3.63) is 95.3 Å². The molecule has 1 aliphatic heterocycles. The quantitative estimate of drug-likeness (QED) is 0.368. The molecule has 1 atom stereocenters. The second-order valence-corrected chi connectivity index (χ2v) is 8.04. The van der Waals surface area contributed by atoms with Gasteiger partial charge < -0.3 is 9.30 Å². The Labute approximate surface area is 185 Å². The molecule has 6 heteroatoms. The van der Waals surface area contributed by atoms with E-state index < -0.39 is 0 Å². The van der Waals surface area contributed by atoms with Gasteiger partial charge in [0.2, 0.25) is 0 Å².